The number of nitrogens with zero attached hydrogens (tertiary/aromatic N) is 2. The minimum atomic E-state index is -0.476. The standard InChI is InChI=1S/C22H22N2O4/c25-13-18-11-24(12-19(14-26)28-18)22(27)17-8-6-15(7-9-17)20-5-1-3-16-4-2-10-23-21(16)20/h1-10,18-19,25-26H,11-14H2/t18-,19-/m1/s1. The van der Waals surface area contributed by atoms with Crippen molar-refractivity contribution in [2.45, 2.75) is 12.2 Å². The summed E-state index contributed by atoms with van der Waals surface area (Å²) < 4.78 is 5.52. The van der Waals surface area contributed by atoms with Crippen molar-refractivity contribution in [1.29, 1.82) is 0 Å². The maximum atomic E-state index is 12.9. The van der Waals surface area contributed by atoms with Gasteiger partial charge in [0.15, 0.2) is 0 Å². The first kappa shape index (κ1) is 18.6. The lowest BCUT2D eigenvalue weighted by atomic mass is 10.0. The van der Waals surface area contributed by atoms with Crippen LogP contribution in [-0.4, -0.2) is 64.5 Å². The summed E-state index contributed by atoms with van der Waals surface area (Å²) in [5.74, 6) is -0.136. The van der Waals surface area contributed by atoms with Crippen LogP contribution >= 0.6 is 0 Å². The average Bonchev–Trinajstić information content (AvgIpc) is 2.78. The third-order valence-corrected chi connectivity index (χ3v) is 5.00. The molecule has 2 aromatic carbocycles. The van der Waals surface area contributed by atoms with Gasteiger partial charge in [0.25, 0.3) is 5.91 Å². The van der Waals surface area contributed by atoms with Gasteiger partial charge < -0.3 is 19.8 Å². The molecule has 0 spiro atoms. The zero-order valence-corrected chi connectivity index (χ0v) is 15.4. The van der Waals surface area contributed by atoms with Gasteiger partial charge in [-0.25, -0.2) is 0 Å². The second kappa shape index (κ2) is 8.06. The van der Waals surface area contributed by atoms with Crippen LogP contribution in [0.2, 0.25) is 0 Å². The van der Waals surface area contributed by atoms with Gasteiger partial charge in [-0.1, -0.05) is 36.4 Å². The Morgan fingerprint density at radius 2 is 1.68 bits per heavy atom. The third kappa shape index (κ3) is 3.62. The van der Waals surface area contributed by atoms with Gasteiger partial charge in [-0.05, 0) is 23.8 Å². The molecule has 2 heterocycles. The first-order valence-electron chi connectivity index (χ1n) is 9.30. The molecule has 1 aliphatic rings. The van der Waals surface area contributed by atoms with Gasteiger partial charge in [0, 0.05) is 35.8 Å². The molecule has 3 aromatic rings. The van der Waals surface area contributed by atoms with E-state index in [1.54, 1.807) is 23.2 Å². The molecule has 1 saturated heterocycles. The van der Waals surface area contributed by atoms with Crippen molar-refractivity contribution in [2.75, 3.05) is 26.3 Å². The first-order valence-corrected chi connectivity index (χ1v) is 9.30. The van der Waals surface area contributed by atoms with Gasteiger partial charge in [-0.15, -0.1) is 0 Å². The molecule has 28 heavy (non-hydrogen) atoms. The molecule has 1 aliphatic heterocycles. The molecule has 1 amide bonds. The van der Waals surface area contributed by atoms with E-state index in [4.69, 9.17) is 4.74 Å². The minimum absolute atomic E-state index is 0.136. The van der Waals surface area contributed by atoms with E-state index in [1.807, 2.05) is 42.5 Å². The van der Waals surface area contributed by atoms with E-state index in [1.165, 1.54) is 0 Å². The second-order valence-electron chi connectivity index (χ2n) is 6.91. The molecule has 6 nitrogen and oxygen atoms in total. The van der Waals surface area contributed by atoms with Crippen molar-refractivity contribution in [3.05, 3.63) is 66.4 Å². The highest BCUT2D eigenvalue weighted by Gasteiger charge is 2.30. The lowest BCUT2D eigenvalue weighted by Crippen LogP contribution is -2.52. The van der Waals surface area contributed by atoms with Crippen LogP contribution < -0.4 is 0 Å². The number of para-hydroxylation sites is 1. The van der Waals surface area contributed by atoms with Gasteiger partial charge in [-0.3, -0.25) is 9.78 Å². The Bertz CT molecular complexity index is 956. The van der Waals surface area contributed by atoms with Crippen molar-refractivity contribution in [3.8, 4) is 11.1 Å². The number of pyridine rings is 1. The highest BCUT2D eigenvalue weighted by Crippen LogP contribution is 2.27. The third-order valence-electron chi connectivity index (χ3n) is 5.00. The van der Waals surface area contributed by atoms with Crippen LogP contribution in [0.25, 0.3) is 22.0 Å². The normalized spacial score (nSPS) is 19.7. The number of aromatic nitrogens is 1. The zero-order valence-electron chi connectivity index (χ0n) is 15.4. The number of aliphatic hydroxyl groups is 2. The van der Waals surface area contributed by atoms with Crippen molar-refractivity contribution in [1.82, 2.24) is 9.88 Å². The number of hydrogen-bond donors (Lipinski definition) is 2. The minimum Gasteiger partial charge on any atom is -0.394 e. The van der Waals surface area contributed by atoms with Gasteiger partial charge in [0.05, 0.1) is 30.9 Å². The molecule has 0 saturated carbocycles. The second-order valence-corrected chi connectivity index (χ2v) is 6.91. The number of carbonyl (C=O) groups is 1. The number of benzene rings is 2. The maximum Gasteiger partial charge on any atom is 0.254 e. The lowest BCUT2D eigenvalue weighted by molar-refractivity contribution is -0.108. The highest BCUT2D eigenvalue weighted by molar-refractivity contribution is 5.97. The van der Waals surface area contributed by atoms with Crippen LogP contribution in [0.4, 0.5) is 0 Å². The summed E-state index contributed by atoms with van der Waals surface area (Å²) in [4.78, 5) is 19.0. The average molecular weight is 378 g/mol. The Labute approximate surface area is 163 Å². The largest absolute Gasteiger partial charge is 0.394 e. The molecule has 0 bridgehead atoms. The Kier molecular flexibility index (Phi) is 5.34. The molecule has 2 N–H and O–H groups in total. The first-order chi connectivity index (χ1) is 13.7. The summed E-state index contributed by atoms with van der Waals surface area (Å²) in [5, 5.41) is 19.8. The number of amides is 1. The van der Waals surface area contributed by atoms with E-state index in [9.17, 15) is 15.0 Å². The number of fused-ring (bicyclic) bond motifs is 1. The lowest BCUT2D eigenvalue weighted by Gasteiger charge is -2.36. The van der Waals surface area contributed by atoms with Crippen LogP contribution in [0, 0.1) is 0 Å². The number of morpholine rings is 1. The molecule has 144 valence electrons. The van der Waals surface area contributed by atoms with E-state index in [2.05, 4.69) is 4.98 Å². The Morgan fingerprint density at radius 1 is 1.00 bits per heavy atom. The number of aliphatic hydroxyl groups excluding tert-OH is 2. The zero-order chi connectivity index (χ0) is 19.5. The smallest absolute Gasteiger partial charge is 0.254 e. The van der Waals surface area contributed by atoms with Crippen molar-refractivity contribution >= 4 is 16.8 Å². The molecular weight excluding hydrogens is 356 g/mol. The van der Waals surface area contributed by atoms with Gasteiger partial charge in [0.1, 0.15) is 0 Å². The van der Waals surface area contributed by atoms with Gasteiger partial charge >= 0.3 is 0 Å². The Hall–Kier alpha value is -2.80. The van der Waals surface area contributed by atoms with Gasteiger partial charge in [-0.2, -0.15) is 0 Å². The van der Waals surface area contributed by atoms with Crippen molar-refractivity contribution < 1.29 is 19.7 Å². The van der Waals surface area contributed by atoms with E-state index in [0.29, 0.717) is 18.7 Å². The topological polar surface area (TPSA) is 82.9 Å². The number of hydrogen-bond acceptors (Lipinski definition) is 5. The summed E-state index contributed by atoms with van der Waals surface area (Å²) >= 11 is 0. The van der Waals surface area contributed by atoms with Crippen molar-refractivity contribution in [2.24, 2.45) is 0 Å². The fourth-order valence-electron chi connectivity index (χ4n) is 3.60. The molecule has 0 unspecified atom stereocenters. The van der Waals surface area contributed by atoms with Crippen LogP contribution in [0.15, 0.2) is 60.8 Å². The maximum absolute atomic E-state index is 12.9. The van der Waals surface area contributed by atoms with E-state index in [-0.39, 0.29) is 19.1 Å². The summed E-state index contributed by atoms with van der Waals surface area (Å²) in [6.07, 6.45) is 0.823. The molecule has 6 heteroatoms. The fourth-order valence-corrected chi connectivity index (χ4v) is 3.60. The predicted octanol–water partition coefficient (Wildman–Crippen LogP) is 2.10. The molecule has 4 rings (SSSR count). The molecule has 0 radical (unpaired) electrons. The summed E-state index contributed by atoms with van der Waals surface area (Å²) in [6, 6.07) is 17.4. The van der Waals surface area contributed by atoms with Crippen LogP contribution in [0.5, 0.6) is 0 Å². The predicted molar refractivity (Wildman–Crippen MR) is 106 cm³/mol. The summed E-state index contributed by atoms with van der Waals surface area (Å²) in [7, 11) is 0. The van der Waals surface area contributed by atoms with Gasteiger partial charge in [0.2, 0.25) is 0 Å². The quantitative estimate of drug-likeness (QED) is 0.727. The summed E-state index contributed by atoms with van der Waals surface area (Å²) in [5.41, 5.74) is 3.49. The SMILES string of the molecule is O=C(c1ccc(-c2cccc3cccnc23)cc1)N1C[C@H](CO)O[C@@H](CO)C1. The van der Waals surface area contributed by atoms with Crippen LogP contribution in [0.3, 0.4) is 0 Å². The number of ether oxygens (including phenoxy) is 1. The number of rotatable bonds is 4. The fraction of sp³-hybridized carbons (Fsp3) is 0.273. The summed E-state index contributed by atoms with van der Waals surface area (Å²) in [6.45, 7) is 0.238. The number of carbonyl (C=O) groups excluding carboxylic acids is 1. The van der Waals surface area contributed by atoms with E-state index < -0.39 is 12.2 Å². The monoisotopic (exact) mass is 378 g/mol. The Balaban J connectivity index is 1.58. The van der Waals surface area contributed by atoms with E-state index >= 15 is 0 Å². The molecule has 0 aliphatic carbocycles. The van der Waals surface area contributed by atoms with Crippen LogP contribution in [-0.2, 0) is 4.74 Å². The van der Waals surface area contributed by atoms with Crippen molar-refractivity contribution in [3.63, 3.8) is 0 Å². The molecule has 1 fully saturated rings. The molecule has 2 atom stereocenters. The highest BCUT2D eigenvalue weighted by atomic mass is 16.5. The Morgan fingerprint density at radius 3 is 2.36 bits per heavy atom. The molecule has 1 aromatic heterocycles. The van der Waals surface area contributed by atoms with Crippen LogP contribution in [0.1, 0.15) is 10.4 Å². The molecular formula is C22H22N2O4. The van der Waals surface area contributed by atoms with E-state index in [0.717, 1.165) is 22.0 Å².